The number of benzene rings is 7. The van der Waals surface area contributed by atoms with Gasteiger partial charge in [0.15, 0.2) is 0 Å². The highest BCUT2D eigenvalue weighted by Crippen LogP contribution is 2.43. The quantitative estimate of drug-likeness (QED) is 0.190. The van der Waals surface area contributed by atoms with E-state index >= 15 is 0 Å². The summed E-state index contributed by atoms with van der Waals surface area (Å²) < 4.78 is 11.0. The molecule has 0 bridgehead atoms. The van der Waals surface area contributed by atoms with Gasteiger partial charge in [-0.15, -0.1) is 0 Å². The first-order valence-corrected chi connectivity index (χ1v) is 17.2. The smallest absolute Gasteiger partial charge is 0.235 e. The fourth-order valence-electron chi connectivity index (χ4n) is 7.99. The second-order valence-electron chi connectivity index (χ2n) is 13.0. The molecule has 7 aromatic carbocycles. The van der Waals surface area contributed by atoms with Gasteiger partial charge in [0, 0.05) is 49.1 Å². The molecule has 0 N–H and O–H groups in total. The molecule has 51 heavy (non-hydrogen) atoms. The van der Waals surface area contributed by atoms with Crippen molar-refractivity contribution in [1.29, 1.82) is 0 Å². The van der Waals surface area contributed by atoms with Crippen LogP contribution >= 0.6 is 0 Å². The van der Waals surface area contributed by atoms with Crippen LogP contribution < -0.4 is 0 Å². The average molecular weight is 653 g/mol. The fourth-order valence-corrected chi connectivity index (χ4v) is 7.99. The van der Waals surface area contributed by atoms with Crippen LogP contribution in [0.1, 0.15) is 0 Å². The van der Waals surface area contributed by atoms with Gasteiger partial charge in [-0.3, -0.25) is 4.57 Å². The number of hydrogen-bond acceptors (Lipinski definition) is 3. The van der Waals surface area contributed by atoms with E-state index < -0.39 is 0 Å². The summed E-state index contributed by atoms with van der Waals surface area (Å²) in [7, 11) is 0. The fraction of sp³-hybridized carbons (Fsp3) is 0. The minimum atomic E-state index is 0.617. The van der Waals surface area contributed by atoms with E-state index in [0.29, 0.717) is 5.95 Å². The van der Waals surface area contributed by atoms with Crippen LogP contribution in [0.25, 0.3) is 99.7 Å². The van der Waals surface area contributed by atoms with E-state index in [1.165, 1.54) is 10.8 Å². The maximum Gasteiger partial charge on any atom is 0.235 e. The number of hydrogen-bond donors (Lipinski definition) is 0. The Kier molecular flexibility index (Phi) is 5.89. The molecule has 0 unspecified atom stereocenters. The van der Waals surface area contributed by atoms with Gasteiger partial charge in [0.1, 0.15) is 11.2 Å². The first kappa shape index (κ1) is 27.9. The summed E-state index contributed by atoms with van der Waals surface area (Å²) in [5.41, 5.74) is 11.0. The summed E-state index contributed by atoms with van der Waals surface area (Å²) >= 11 is 0. The molecule has 0 saturated carbocycles. The molecule has 4 aromatic heterocycles. The Bertz CT molecular complexity index is 3130. The van der Waals surface area contributed by atoms with Gasteiger partial charge in [0.2, 0.25) is 5.95 Å². The van der Waals surface area contributed by atoms with E-state index in [0.717, 1.165) is 83.0 Å². The van der Waals surface area contributed by atoms with E-state index in [9.17, 15) is 0 Å². The third-order valence-corrected chi connectivity index (χ3v) is 10.1. The zero-order valence-electron chi connectivity index (χ0n) is 27.4. The highest BCUT2D eigenvalue weighted by atomic mass is 16.3. The topological polar surface area (TPSA) is 48.8 Å². The third kappa shape index (κ3) is 4.09. The molecule has 5 nitrogen and oxygen atoms in total. The maximum atomic E-state index is 6.32. The Morgan fingerprint density at radius 2 is 1.06 bits per heavy atom. The lowest BCUT2D eigenvalue weighted by Crippen LogP contribution is -2.04. The summed E-state index contributed by atoms with van der Waals surface area (Å²) in [6.45, 7) is 0. The van der Waals surface area contributed by atoms with Gasteiger partial charge in [-0.2, -0.15) is 0 Å². The Morgan fingerprint density at radius 1 is 0.412 bits per heavy atom. The van der Waals surface area contributed by atoms with Crippen LogP contribution in [0.2, 0.25) is 0 Å². The lowest BCUT2D eigenvalue weighted by atomic mass is 10.0. The Hall–Kier alpha value is -6.98. The number of furan rings is 1. The molecule has 0 radical (unpaired) electrons. The molecule has 0 atom stereocenters. The van der Waals surface area contributed by atoms with Crippen molar-refractivity contribution in [2.24, 2.45) is 0 Å². The monoisotopic (exact) mass is 652 g/mol. The summed E-state index contributed by atoms with van der Waals surface area (Å²) in [6, 6.07) is 59.3. The zero-order chi connectivity index (χ0) is 33.5. The van der Waals surface area contributed by atoms with Crippen LogP contribution in [0, 0.1) is 0 Å². The molecule has 4 heterocycles. The minimum Gasteiger partial charge on any atom is -0.456 e. The van der Waals surface area contributed by atoms with Crippen LogP contribution in [0.5, 0.6) is 0 Å². The number of fused-ring (bicyclic) bond motifs is 10. The lowest BCUT2D eigenvalue weighted by molar-refractivity contribution is 0.669. The molecule has 0 aliphatic carbocycles. The molecule has 0 aliphatic rings. The summed E-state index contributed by atoms with van der Waals surface area (Å²) in [4.78, 5) is 10.8. The van der Waals surface area contributed by atoms with E-state index in [1.807, 2.05) is 30.3 Å². The van der Waals surface area contributed by atoms with Crippen LogP contribution in [-0.2, 0) is 0 Å². The highest BCUT2D eigenvalue weighted by molar-refractivity contribution is 6.26. The maximum absolute atomic E-state index is 6.32. The summed E-state index contributed by atoms with van der Waals surface area (Å²) in [5.74, 6) is 0.617. The van der Waals surface area contributed by atoms with Crippen molar-refractivity contribution in [2.75, 3.05) is 0 Å². The first-order valence-electron chi connectivity index (χ1n) is 17.2. The van der Waals surface area contributed by atoms with Gasteiger partial charge in [0.25, 0.3) is 0 Å². The van der Waals surface area contributed by atoms with Gasteiger partial charge in [-0.1, -0.05) is 121 Å². The summed E-state index contributed by atoms with van der Waals surface area (Å²) in [5, 5.41) is 6.78. The molecule has 0 saturated heterocycles. The third-order valence-electron chi connectivity index (χ3n) is 10.1. The molecule has 0 spiro atoms. The van der Waals surface area contributed by atoms with Gasteiger partial charge < -0.3 is 8.98 Å². The second kappa shape index (κ2) is 10.8. The molecule has 0 fully saturated rings. The van der Waals surface area contributed by atoms with Crippen LogP contribution in [0.4, 0.5) is 0 Å². The van der Waals surface area contributed by atoms with E-state index in [-0.39, 0.29) is 0 Å². The number of para-hydroxylation sites is 4. The SMILES string of the molecule is c1ccc(-c2cc(-c3cccc4oc5ccccc5c34)nc(-n3c4ccccc4c4ccc5c(c6ccccc6n5-c5ccccc5)c43)n2)cc1. The van der Waals surface area contributed by atoms with Gasteiger partial charge in [-0.05, 0) is 48.5 Å². The number of nitrogens with zero attached hydrogens (tertiary/aromatic N) is 4. The Balaban J connectivity index is 1.30. The van der Waals surface area contributed by atoms with Crippen LogP contribution in [0.15, 0.2) is 174 Å². The minimum absolute atomic E-state index is 0.617. The standard InChI is InChI=1S/C46H28N4O/c1-3-14-29(15-4-1)36-28-37(33-21-13-25-42-43(33)35-20-9-12-24-41(35)51-42)48-46(47-36)50-38-22-10-7-18-31(38)32-26-27-40-44(45(32)50)34-19-8-11-23-39(34)49(40)30-16-5-2-6-17-30/h1-28H. The van der Waals surface area contributed by atoms with E-state index in [2.05, 4.69) is 149 Å². The molecule has 0 aliphatic heterocycles. The van der Waals surface area contributed by atoms with E-state index in [4.69, 9.17) is 14.4 Å². The van der Waals surface area contributed by atoms with Gasteiger partial charge >= 0.3 is 0 Å². The normalized spacial score (nSPS) is 11.9. The van der Waals surface area contributed by atoms with Gasteiger partial charge in [0.05, 0.1) is 33.5 Å². The lowest BCUT2D eigenvalue weighted by Gasteiger charge is -2.13. The number of aromatic nitrogens is 4. The van der Waals surface area contributed by atoms with Crippen LogP contribution in [-0.4, -0.2) is 19.1 Å². The first-order chi connectivity index (χ1) is 25.3. The number of rotatable bonds is 4. The largest absolute Gasteiger partial charge is 0.456 e. The molecule has 0 amide bonds. The van der Waals surface area contributed by atoms with Crippen molar-refractivity contribution in [2.45, 2.75) is 0 Å². The second-order valence-corrected chi connectivity index (χ2v) is 13.0. The van der Waals surface area contributed by atoms with Crippen molar-refractivity contribution in [3.8, 4) is 34.2 Å². The molecule has 238 valence electrons. The Morgan fingerprint density at radius 3 is 1.88 bits per heavy atom. The van der Waals surface area contributed by atoms with Crippen molar-refractivity contribution < 1.29 is 4.42 Å². The van der Waals surface area contributed by atoms with Crippen molar-refractivity contribution in [3.63, 3.8) is 0 Å². The Labute approximate surface area is 292 Å². The average Bonchev–Trinajstić information content (AvgIpc) is 3.86. The molecular formula is C46H28N4O. The molecule has 5 heteroatoms. The predicted molar refractivity (Wildman–Crippen MR) is 209 cm³/mol. The summed E-state index contributed by atoms with van der Waals surface area (Å²) in [6.07, 6.45) is 0. The van der Waals surface area contributed by atoms with Crippen molar-refractivity contribution >= 4 is 65.6 Å². The molecular weight excluding hydrogens is 625 g/mol. The molecule has 11 rings (SSSR count). The molecule has 11 aromatic rings. The predicted octanol–water partition coefficient (Wildman–Crippen LogP) is 11.9. The zero-order valence-corrected chi connectivity index (χ0v) is 27.4. The van der Waals surface area contributed by atoms with Gasteiger partial charge in [-0.25, -0.2) is 9.97 Å². The van der Waals surface area contributed by atoms with Crippen molar-refractivity contribution in [3.05, 3.63) is 170 Å². The van der Waals surface area contributed by atoms with Crippen LogP contribution in [0.3, 0.4) is 0 Å². The highest BCUT2D eigenvalue weighted by Gasteiger charge is 2.23. The van der Waals surface area contributed by atoms with Crippen molar-refractivity contribution in [1.82, 2.24) is 19.1 Å². The van der Waals surface area contributed by atoms with E-state index in [1.54, 1.807) is 0 Å².